The van der Waals surface area contributed by atoms with E-state index in [0.717, 1.165) is 18.6 Å². The van der Waals surface area contributed by atoms with Crippen LogP contribution in [0, 0.1) is 0 Å². The van der Waals surface area contributed by atoms with Gasteiger partial charge in [0.15, 0.2) is 0 Å². The normalized spacial score (nSPS) is 9.96. The van der Waals surface area contributed by atoms with Gasteiger partial charge in [0, 0.05) is 11.1 Å². The van der Waals surface area contributed by atoms with Gasteiger partial charge in [-0.3, -0.25) is 20.4 Å². The maximum atomic E-state index is 12.0. The van der Waals surface area contributed by atoms with E-state index < -0.39 is 0 Å². The van der Waals surface area contributed by atoms with Gasteiger partial charge >= 0.3 is 0 Å². The molecule has 0 aliphatic carbocycles. The molecule has 0 saturated heterocycles. The maximum Gasteiger partial charge on any atom is 0.269 e. The van der Waals surface area contributed by atoms with Crippen LogP contribution in [0.2, 0.25) is 0 Å². The zero-order valence-electron chi connectivity index (χ0n) is 13.0. The van der Waals surface area contributed by atoms with E-state index in [4.69, 9.17) is 4.74 Å². The number of amides is 2. The first-order valence-corrected chi connectivity index (χ1v) is 7.59. The monoisotopic (exact) mass is 312 g/mol. The van der Waals surface area contributed by atoms with Crippen molar-refractivity contribution < 1.29 is 14.3 Å². The fourth-order valence-corrected chi connectivity index (χ4v) is 1.88. The van der Waals surface area contributed by atoms with Crippen LogP contribution in [0.25, 0.3) is 0 Å². The molecule has 0 aliphatic heterocycles. The lowest BCUT2D eigenvalue weighted by atomic mass is 10.2. The van der Waals surface area contributed by atoms with Crippen molar-refractivity contribution in [2.45, 2.75) is 19.8 Å². The Balaban J connectivity index is 1.84. The Morgan fingerprint density at radius 1 is 0.870 bits per heavy atom. The number of ether oxygens (including phenoxy) is 1. The first-order chi connectivity index (χ1) is 11.2. The van der Waals surface area contributed by atoms with E-state index in [9.17, 15) is 9.59 Å². The quantitative estimate of drug-likeness (QED) is 0.636. The number of hydrazine groups is 1. The third-order valence-electron chi connectivity index (χ3n) is 3.21. The predicted octanol–water partition coefficient (Wildman–Crippen LogP) is 2.94. The zero-order valence-corrected chi connectivity index (χ0v) is 13.0. The molecule has 23 heavy (non-hydrogen) atoms. The molecule has 5 heteroatoms. The molecule has 0 radical (unpaired) electrons. The lowest BCUT2D eigenvalue weighted by molar-refractivity contribution is 0.0846. The van der Waals surface area contributed by atoms with Crippen molar-refractivity contribution in [3.05, 3.63) is 65.7 Å². The zero-order chi connectivity index (χ0) is 16.5. The minimum absolute atomic E-state index is 0.363. The van der Waals surface area contributed by atoms with Crippen LogP contribution >= 0.6 is 0 Å². The summed E-state index contributed by atoms with van der Waals surface area (Å²) in [4.78, 5) is 23.8. The number of benzene rings is 2. The highest BCUT2D eigenvalue weighted by molar-refractivity contribution is 5.99. The Kier molecular flexibility index (Phi) is 6.17. The van der Waals surface area contributed by atoms with Crippen molar-refractivity contribution in [2.24, 2.45) is 0 Å². The second-order valence-corrected chi connectivity index (χ2v) is 5.00. The molecular weight excluding hydrogens is 292 g/mol. The average Bonchev–Trinajstić information content (AvgIpc) is 2.61. The summed E-state index contributed by atoms with van der Waals surface area (Å²) in [5, 5.41) is 0. The van der Waals surface area contributed by atoms with E-state index in [2.05, 4.69) is 17.8 Å². The minimum atomic E-state index is -0.380. The Morgan fingerprint density at radius 2 is 1.43 bits per heavy atom. The molecule has 0 fully saturated rings. The van der Waals surface area contributed by atoms with Crippen molar-refractivity contribution in [3.8, 4) is 5.75 Å². The molecule has 2 amide bonds. The van der Waals surface area contributed by atoms with Crippen LogP contribution in [-0.2, 0) is 0 Å². The summed E-state index contributed by atoms with van der Waals surface area (Å²) in [5.41, 5.74) is 5.70. The molecule has 0 spiro atoms. The van der Waals surface area contributed by atoms with Gasteiger partial charge in [-0.1, -0.05) is 31.5 Å². The highest BCUT2D eigenvalue weighted by Crippen LogP contribution is 2.12. The summed E-state index contributed by atoms with van der Waals surface area (Å²) in [6, 6.07) is 15.5. The van der Waals surface area contributed by atoms with E-state index in [1.807, 2.05) is 6.07 Å². The molecule has 2 aromatic carbocycles. The van der Waals surface area contributed by atoms with Crippen LogP contribution in [0.5, 0.6) is 5.75 Å². The van der Waals surface area contributed by atoms with Crippen LogP contribution in [0.1, 0.15) is 40.5 Å². The van der Waals surface area contributed by atoms with Gasteiger partial charge in [0.1, 0.15) is 5.75 Å². The van der Waals surface area contributed by atoms with E-state index in [1.54, 1.807) is 48.5 Å². The largest absolute Gasteiger partial charge is 0.494 e. The molecule has 5 nitrogen and oxygen atoms in total. The van der Waals surface area contributed by atoms with Gasteiger partial charge in [-0.05, 0) is 42.8 Å². The molecule has 0 unspecified atom stereocenters. The smallest absolute Gasteiger partial charge is 0.269 e. The second kappa shape index (κ2) is 8.58. The van der Waals surface area contributed by atoms with Gasteiger partial charge in [0.2, 0.25) is 0 Å². The number of hydrogen-bond acceptors (Lipinski definition) is 3. The molecule has 0 atom stereocenters. The summed E-state index contributed by atoms with van der Waals surface area (Å²) in [5.74, 6) is -0.0174. The number of carbonyl (C=O) groups is 2. The van der Waals surface area contributed by atoms with Crippen LogP contribution in [0.15, 0.2) is 54.6 Å². The van der Waals surface area contributed by atoms with Gasteiger partial charge in [0.05, 0.1) is 6.61 Å². The summed E-state index contributed by atoms with van der Waals surface area (Å²) in [7, 11) is 0. The summed E-state index contributed by atoms with van der Waals surface area (Å²) in [6.07, 6.45) is 2.06. The van der Waals surface area contributed by atoms with E-state index >= 15 is 0 Å². The van der Waals surface area contributed by atoms with Crippen molar-refractivity contribution >= 4 is 11.8 Å². The third kappa shape index (κ3) is 5.14. The first kappa shape index (κ1) is 16.5. The summed E-state index contributed by atoms with van der Waals surface area (Å²) < 4.78 is 5.54. The first-order valence-electron chi connectivity index (χ1n) is 7.59. The Labute approximate surface area is 135 Å². The van der Waals surface area contributed by atoms with Gasteiger partial charge < -0.3 is 4.74 Å². The van der Waals surface area contributed by atoms with Crippen LogP contribution in [0.3, 0.4) is 0 Å². The van der Waals surface area contributed by atoms with Crippen LogP contribution in [0.4, 0.5) is 0 Å². The van der Waals surface area contributed by atoms with Crippen LogP contribution in [-0.4, -0.2) is 18.4 Å². The van der Waals surface area contributed by atoms with Crippen molar-refractivity contribution in [2.75, 3.05) is 6.61 Å². The molecule has 0 aliphatic rings. The summed E-state index contributed by atoms with van der Waals surface area (Å²) in [6.45, 7) is 2.76. The maximum absolute atomic E-state index is 12.0. The molecule has 0 saturated carbocycles. The lowest BCUT2D eigenvalue weighted by Crippen LogP contribution is -2.41. The van der Waals surface area contributed by atoms with Gasteiger partial charge in [0.25, 0.3) is 11.8 Å². The lowest BCUT2D eigenvalue weighted by Gasteiger charge is -2.08. The fraction of sp³-hybridized carbons (Fsp3) is 0.222. The minimum Gasteiger partial charge on any atom is -0.494 e. The second-order valence-electron chi connectivity index (χ2n) is 5.00. The highest BCUT2D eigenvalue weighted by atomic mass is 16.5. The molecule has 0 heterocycles. The molecule has 2 N–H and O–H groups in total. The molecule has 2 aromatic rings. The predicted molar refractivity (Wildman–Crippen MR) is 88.2 cm³/mol. The third-order valence-corrected chi connectivity index (χ3v) is 3.21. The van der Waals surface area contributed by atoms with Crippen molar-refractivity contribution in [1.29, 1.82) is 0 Å². The molecular formula is C18H20N2O3. The number of carbonyl (C=O) groups excluding carboxylic acids is 2. The molecule has 0 aromatic heterocycles. The number of hydrogen-bond donors (Lipinski definition) is 2. The average molecular weight is 312 g/mol. The van der Waals surface area contributed by atoms with Crippen LogP contribution < -0.4 is 15.6 Å². The van der Waals surface area contributed by atoms with E-state index in [0.29, 0.717) is 17.7 Å². The number of unbranched alkanes of at least 4 members (excludes halogenated alkanes) is 1. The number of nitrogens with one attached hydrogen (secondary N) is 2. The van der Waals surface area contributed by atoms with Crippen molar-refractivity contribution in [3.63, 3.8) is 0 Å². The van der Waals surface area contributed by atoms with Gasteiger partial charge in [-0.2, -0.15) is 0 Å². The molecule has 120 valence electrons. The Morgan fingerprint density at radius 3 is 2.00 bits per heavy atom. The standard InChI is InChI=1S/C18H20N2O3/c1-2-3-13-23-16-11-9-15(10-12-16)18(22)20-19-17(21)14-7-5-4-6-8-14/h4-12H,2-3,13H2,1H3,(H,19,21)(H,20,22). The molecule has 2 rings (SSSR count). The molecule has 0 bridgehead atoms. The SMILES string of the molecule is CCCCOc1ccc(C(=O)NNC(=O)c2ccccc2)cc1. The fourth-order valence-electron chi connectivity index (χ4n) is 1.88. The van der Waals surface area contributed by atoms with E-state index in [-0.39, 0.29) is 11.8 Å². The Hall–Kier alpha value is -2.82. The highest BCUT2D eigenvalue weighted by Gasteiger charge is 2.08. The number of rotatable bonds is 6. The van der Waals surface area contributed by atoms with E-state index in [1.165, 1.54) is 0 Å². The summed E-state index contributed by atoms with van der Waals surface area (Å²) >= 11 is 0. The topological polar surface area (TPSA) is 67.4 Å². The van der Waals surface area contributed by atoms with Gasteiger partial charge in [-0.25, -0.2) is 0 Å². The Bertz CT molecular complexity index is 639. The van der Waals surface area contributed by atoms with Crippen molar-refractivity contribution in [1.82, 2.24) is 10.9 Å². The van der Waals surface area contributed by atoms with Gasteiger partial charge in [-0.15, -0.1) is 0 Å².